The van der Waals surface area contributed by atoms with E-state index in [0.29, 0.717) is 0 Å². The Balaban J connectivity index is 1.38. The summed E-state index contributed by atoms with van der Waals surface area (Å²) >= 11 is 0. The Hall–Kier alpha value is -2.50. The highest BCUT2D eigenvalue weighted by molar-refractivity contribution is 5.59. The standard InChI is InChI=1S/C24H27FN4/c1-27-15-16-29-22(20-5-3-2-4-6-20)17-26-23(29)24(27)11-13-28(14-12-24)18-19-7-9-21(25)10-8-19/h2-10,17H,11-16,18H2,1H3. The summed E-state index contributed by atoms with van der Waals surface area (Å²) in [5.74, 6) is 1.04. The van der Waals surface area contributed by atoms with E-state index in [2.05, 4.69) is 57.9 Å². The fourth-order valence-corrected chi connectivity index (χ4v) is 4.98. The predicted molar refractivity (Wildman–Crippen MR) is 113 cm³/mol. The first-order valence-corrected chi connectivity index (χ1v) is 10.5. The number of piperidine rings is 1. The summed E-state index contributed by atoms with van der Waals surface area (Å²) in [6, 6.07) is 17.5. The van der Waals surface area contributed by atoms with E-state index in [1.54, 1.807) is 12.1 Å². The molecule has 0 atom stereocenters. The molecule has 0 bridgehead atoms. The fraction of sp³-hybridized carbons (Fsp3) is 0.375. The second-order valence-corrected chi connectivity index (χ2v) is 8.34. The van der Waals surface area contributed by atoms with Crippen LogP contribution in [0.3, 0.4) is 0 Å². The monoisotopic (exact) mass is 390 g/mol. The smallest absolute Gasteiger partial charge is 0.129 e. The lowest BCUT2D eigenvalue weighted by Gasteiger charge is -2.49. The fourth-order valence-electron chi connectivity index (χ4n) is 4.98. The molecule has 2 aliphatic rings. The van der Waals surface area contributed by atoms with Crippen molar-refractivity contribution in [3.8, 4) is 11.3 Å². The zero-order valence-corrected chi connectivity index (χ0v) is 16.9. The molecule has 1 aromatic heterocycles. The molecule has 0 radical (unpaired) electrons. The van der Waals surface area contributed by atoms with E-state index in [1.165, 1.54) is 22.6 Å². The van der Waals surface area contributed by atoms with Crippen LogP contribution in [0.2, 0.25) is 0 Å². The molecule has 3 aromatic rings. The highest BCUT2D eigenvalue weighted by Crippen LogP contribution is 2.41. The number of imidazole rings is 1. The molecule has 2 aromatic carbocycles. The molecule has 4 nitrogen and oxygen atoms in total. The van der Waals surface area contributed by atoms with Crippen LogP contribution in [-0.4, -0.2) is 46.0 Å². The predicted octanol–water partition coefficient (Wildman–Crippen LogP) is 4.13. The Labute approximate surface area is 171 Å². The zero-order chi connectivity index (χ0) is 19.8. The van der Waals surface area contributed by atoms with Crippen LogP contribution >= 0.6 is 0 Å². The van der Waals surface area contributed by atoms with Gasteiger partial charge in [-0.1, -0.05) is 42.5 Å². The molecular formula is C24H27FN4. The lowest BCUT2D eigenvalue weighted by molar-refractivity contribution is 0.00700. The quantitative estimate of drug-likeness (QED) is 0.672. The third-order valence-corrected chi connectivity index (χ3v) is 6.73. The van der Waals surface area contributed by atoms with Crippen molar-refractivity contribution in [2.75, 3.05) is 26.7 Å². The molecule has 5 rings (SSSR count). The summed E-state index contributed by atoms with van der Waals surface area (Å²) in [4.78, 5) is 9.93. The van der Waals surface area contributed by atoms with Gasteiger partial charge in [0.05, 0.1) is 17.4 Å². The van der Waals surface area contributed by atoms with Gasteiger partial charge >= 0.3 is 0 Å². The maximum absolute atomic E-state index is 13.2. The van der Waals surface area contributed by atoms with Crippen molar-refractivity contribution < 1.29 is 4.39 Å². The van der Waals surface area contributed by atoms with Crippen LogP contribution in [0, 0.1) is 5.82 Å². The molecule has 0 N–H and O–H groups in total. The minimum absolute atomic E-state index is 0.00454. The van der Waals surface area contributed by atoms with Gasteiger partial charge in [-0.3, -0.25) is 9.80 Å². The molecule has 29 heavy (non-hydrogen) atoms. The summed E-state index contributed by atoms with van der Waals surface area (Å²) in [6.45, 7) is 4.95. The summed E-state index contributed by atoms with van der Waals surface area (Å²) in [5, 5.41) is 0. The zero-order valence-electron chi connectivity index (χ0n) is 16.9. The Kier molecular flexibility index (Phi) is 4.72. The van der Waals surface area contributed by atoms with Gasteiger partial charge in [-0.15, -0.1) is 0 Å². The average Bonchev–Trinajstić information content (AvgIpc) is 3.20. The van der Waals surface area contributed by atoms with Crippen LogP contribution < -0.4 is 0 Å². The average molecular weight is 391 g/mol. The van der Waals surface area contributed by atoms with E-state index >= 15 is 0 Å². The topological polar surface area (TPSA) is 24.3 Å². The second kappa shape index (κ2) is 7.39. The molecule has 0 aliphatic carbocycles. The van der Waals surface area contributed by atoms with Gasteiger partial charge in [-0.05, 0) is 43.1 Å². The molecule has 2 aliphatic heterocycles. The summed E-state index contributed by atoms with van der Waals surface area (Å²) in [7, 11) is 2.25. The van der Waals surface area contributed by atoms with E-state index < -0.39 is 0 Å². The molecule has 150 valence electrons. The van der Waals surface area contributed by atoms with E-state index in [-0.39, 0.29) is 11.4 Å². The first-order valence-electron chi connectivity index (χ1n) is 10.5. The SMILES string of the molecule is CN1CCn2c(-c3ccccc3)cnc2C12CCN(Cc1ccc(F)cc1)CC2. The van der Waals surface area contributed by atoms with Gasteiger partial charge in [0, 0.05) is 32.7 Å². The normalized spacial score (nSPS) is 19.4. The van der Waals surface area contributed by atoms with Gasteiger partial charge in [0.2, 0.25) is 0 Å². The molecule has 1 spiro atoms. The molecule has 5 heteroatoms. The van der Waals surface area contributed by atoms with Gasteiger partial charge < -0.3 is 4.57 Å². The number of halogens is 1. The third kappa shape index (κ3) is 3.28. The van der Waals surface area contributed by atoms with E-state index in [9.17, 15) is 4.39 Å². The van der Waals surface area contributed by atoms with Crippen LogP contribution in [0.4, 0.5) is 4.39 Å². The van der Waals surface area contributed by atoms with Crippen LogP contribution in [0.25, 0.3) is 11.3 Å². The maximum atomic E-state index is 13.2. The number of rotatable bonds is 3. The van der Waals surface area contributed by atoms with Crippen molar-refractivity contribution in [2.45, 2.75) is 31.5 Å². The molecule has 0 unspecified atom stereocenters. The van der Waals surface area contributed by atoms with Gasteiger partial charge in [0.15, 0.2) is 0 Å². The third-order valence-electron chi connectivity index (χ3n) is 6.73. The Morgan fingerprint density at radius 3 is 2.38 bits per heavy atom. The molecule has 1 fully saturated rings. The second-order valence-electron chi connectivity index (χ2n) is 8.34. The molecule has 1 saturated heterocycles. The van der Waals surface area contributed by atoms with Gasteiger partial charge in [0.1, 0.15) is 11.6 Å². The minimum atomic E-state index is -0.170. The number of likely N-dealkylation sites (N-methyl/N-ethyl adjacent to an activating group) is 1. The first kappa shape index (κ1) is 18.5. The van der Waals surface area contributed by atoms with Gasteiger partial charge in [-0.25, -0.2) is 9.37 Å². The van der Waals surface area contributed by atoms with Gasteiger partial charge in [-0.2, -0.15) is 0 Å². The highest BCUT2D eigenvalue weighted by atomic mass is 19.1. The Morgan fingerprint density at radius 1 is 0.931 bits per heavy atom. The summed E-state index contributed by atoms with van der Waals surface area (Å²) in [6.07, 6.45) is 4.18. The number of hydrogen-bond acceptors (Lipinski definition) is 3. The summed E-state index contributed by atoms with van der Waals surface area (Å²) in [5.41, 5.74) is 3.64. The Morgan fingerprint density at radius 2 is 1.66 bits per heavy atom. The van der Waals surface area contributed by atoms with Crippen LogP contribution in [-0.2, 0) is 18.6 Å². The maximum Gasteiger partial charge on any atom is 0.129 e. The molecule has 3 heterocycles. The number of benzene rings is 2. The Bertz CT molecular complexity index is 972. The molecular weight excluding hydrogens is 363 g/mol. The van der Waals surface area contributed by atoms with E-state index in [1.807, 2.05) is 12.1 Å². The van der Waals surface area contributed by atoms with Crippen molar-refractivity contribution >= 4 is 0 Å². The molecule has 0 amide bonds. The lowest BCUT2D eigenvalue weighted by Crippen LogP contribution is -2.56. The minimum Gasteiger partial charge on any atom is -0.325 e. The number of fused-ring (bicyclic) bond motifs is 2. The number of likely N-dealkylation sites (tertiary alicyclic amines) is 1. The first-order chi connectivity index (χ1) is 14.2. The lowest BCUT2D eigenvalue weighted by atomic mass is 9.83. The van der Waals surface area contributed by atoms with E-state index in [4.69, 9.17) is 4.98 Å². The largest absolute Gasteiger partial charge is 0.325 e. The van der Waals surface area contributed by atoms with Gasteiger partial charge in [0.25, 0.3) is 0 Å². The van der Waals surface area contributed by atoms with Crippen molar-refractivity contribution in [3.63, 3.8) is 0 Å². The van der Waals surface area contributed by atoms with E-state index in [0.717, 1.165) is 45.6 Å². The number of nitrogens with zero attached hydrogens (tertiary/aromatic N) is 4. The van der Waals surface area contributed by atoms with Crippen molar-refractivity contribution in [1.29, 1.82) is 0 Å². The number of hydrogen-bond donors (Lipinski definition) is 0. The summed E-state index contributed by atoms with van der Waals surface area (Å²) < 4.78 is 15.6. The van der Waals surface area contributed by atoms with Crippen molar-refractivity contribution in [2.24, 2.45) is 0 Å². The highest BCUT2D eigenvalue weighted by Gasteiger charge is 2.45. The van der Waals surface area contributed by atoms with Crippen LogP contribution in [0.5, 0.6) is 0 Å². The van der Waals surface area contributed by atoms with Crippen molar-refractivity contribution in [3.05, 3.63) is 78.0 Å². The van der Waals surface area contributed by atoms with Crippen LogP contribution in [0.1, 0.15) is 24.2 Å². The van der Waals surface area contributed by atoms with Crippen molar-refractivity contribution in [1.82, 2.24) is 19.4 Å². The van der Waals surface area contributed by atoms with Crippen LogP contribution in [0.15, 0.2) is 60.8 Å². The number of aromatic nitrogens is 2. The molecule has 0 saturated carbocycles.